The van der Waals surface area contributed by atoms with E-state index in [9.17, 15) is 0 Å². The van der Waals surface area contributed by atoms with E-state index < -0.39 is 0 Å². The zero-order valence-electron chi connectivity index (χ0n) is 7.50. The molecule has 0 aromatic carbocycles. The van der Waals surface area contributed by atoms with Crippen LogP contribution in [0.15, 0.2) is 24.0 Å². The molecule has 0 saturated carbocycles. The van der Waals surface area contributed by atoms with Gasteiger partial charge in [0.15, 0.2) is 0 Å². The Kier molecular flexibility index (Phi) is 2.54. The van der Waals surface area contributed by atoms with Crippen molar-refractivity contribution in [1.82, 2.24) is 0 Å². The molecule has 0 fully saturated rings. The van der Waals surface area contributed by atoms with Gasteiger partial charge in [-0.2, -0.15) is 5.26 Å². The van der Waals surface area contributed by atoms with Crippen LogP contribution in [0.2, 0.25) is 0 Å². The summed E-state index contributed by atoms with van der Waals surface area (Å²) >= 11 is 0. The average molecular weight is 163 g/mol. The maximum absolute atomic E-state index is 8.36. The van der Waals surface area contributed by atoms with Crippen LogP contribution in [-0.2, 0) is 4.74 Å². The molecule has 64 valence electrons. The fourth-order valence-electron chi connectivity index (χ4n) is 1.13. The Labute approximate surface area is 73.1 Å². The molecule has 1 heterocycles. The Morgan fingerprint density at radius 3 is 3.00 bits per heavy atom. The molecule has 2 heteroatoms. The molecule has 0 aromatic heterocycles. The van der Waals surface area contributed by atoms with Crippen LogP contribution in [-0.4, -0.2) is 5.60 Å². The first-order chi connectivity index (χ1) is 5.66. The highest BCUT2D eigenvalue weighted by atomic mass is 16.5. The predicted octanol–water partition coefficient (Wildman–Crippen LogP) is 2.54. The Hall–Kier alpha value is -1.23. The second kappa shape index (κ2) is 3.44. The molecule has 0 amide bonds. The van der Waals surface area contributed by atoms with E-state index in [1.165, 1.54) is 11.6 Å². The molecule has 2 nitrogen and oxygen atoms in total. The van der Waals surface area contributed by atoms with Gasteiger partial charge in [0.1, 0.15) is 5.60 Å². The number of hydrogen-bond acceptors (Lipinski definition) is 2. The molecule has 1 atom stereocenters. The summed E-state index contributed by atoms with van der Waals surface area (Å²) in [4.78, 5) is 0. The van der Waals surface area contributed by atoms with Crippen molar-refractivity contribution in [3.8, 4) is 6.07 Å². The normalized spacial score (nSPS) is 29.2. The van der Waals surface area contributed by atoms with Crippen LogP contribution in [0.1, 0.15) is 26.7 Å². The number of nitrogens with zero attached hydrogens (tertiary/aromatic N) is 1. The monoisotopic (exact) mass is 163 g/mol. The van der Waals surface area contributed by atoms with E-state index in [0.29, 0.717) is 0 Å². The molecular weight excluding hydrogens is 150 g/mol. The van der Waals surface area contributed by atoms with E-state index in [0.717, 1.165) is 12.8 Å². The van der Waals surface area contributed by atoms with Gasteiger partial charge in [0, 0.05) is 6.08 Å². The molecule has 0 aromatic rings. The van der Waals surface area contributed by atoms with Gasteiger partial charge in [-0.3, -0.25) is 0 Å². The van der Waals surface area contributed by atoms with Crippen LogP contribution < -0.4 is 0 Å². The molecule has 1 unspecified atom stereocenters. The summed E-state index contributed by atoms with van der Waals surface area (Å²) < 4.78 is 5.48. The van der Waals surface area contributed by atoms with Crippen molar-refractivity contribution in [2.45, 2.75) is 32.3 Å². The SMILES string of the molecule is CC1=COC(C)(/C=C/C#N)CC1. The van der Waals surface area contributed by atoms with Crippen molar-refractivity contribution < 1.29 is 4.74 Å². The van der Waals surface area contributed by atoms with Crippen LogP contribution in [0.4, 0.5) is 0 Å². The standard InChI is InChI=1S/C10H13NO/c1-9-4-6-10(2,12-8-9)5-3-7-11/h3,5,8H,4,6H2,1-2H3/b5-3+. The Balaban J connectivity index is 2.65. The lowest BCUT2D eigenvalue weighted by atomic mass is 9.95. The van der Waals surface area contributed by atoms with E-state index >= 15 is 0 Å². The lowest BCUT2D eigenvalue weighted by Crippen LogP contribution is -2.26. The zero-order chi connectivity index (χ0) is 9.03. The quantitative estimate of drug-likeness (QED) is 0.556. The summed E-state index contributed by atoms with van der Waals surface area (Å²) in [6.45, 7) is 4.04. The van der Waals surface area contributed by atoms with Crippen LogP contribution >= 0.6 is 0 Å². The third-order valence-electron chi connectivity index (χ3n) is 2.06. The van der Waals surface area contributed by atoms with Gasteiger partial charge in [-0.05, 0) is 38.3 Å². The van der Waals surface area contributed by atoms with Crippen LogP contribution in [0.3, 0.4) is 0 Å². The number of rotatable bonds is 1. The molecule has 12 heavy (non-hydrogen) atoms. The molecular formula is C10H13NO. The summed E-state index contributed by atoms with van der Waals surface area (Å²) in [7, 11) is 0. The van der Waals surface area contributed by atoms with Crippen molar-refractivity contribution in [3.05, 3.63) is 24.0 Å². The first-order valence-electron chi connectivity index (χ1n) is 4.07. The van der Waals surface area contributed by atoms with E-state index in [1.54, 1.807) is 6.26 Å². The van der Waals surface area contributed by atoms with Crippen LogP contribution in [0, 0.1) is 11.3 Å². The molecule has 0 bridgehead atoms. The van der Waals surface area contributed by atoms with Crippen LogP contribution in [0.5, 0.6) is 0 Å². The highest BCUT2D eigenvalue weighted by Gasteiger charge is 2.24. The van der Waals surface area contributed by atoms with E-state index in [4.69, 9.17) is 10.00 Å². The lowest BCUT2D eigenvalue weighted by molar-refractivity contribution is 0.0634. The Morgan fingerprint density at radius 2 is 2.50 bits per heavy atom. The molecule has 0 N–H and O–H groups in total. The fourth-order valence-corrected chi connectivity index (χ4v) is 1.13. The summed E-state index contributed by atoms with van der Waals surface area (Å²) in [6, 6.07) is 1.97. The maximum Gasteiger partial charge on any atom is 0.125 e. The van der Waals surface area contributed by atoms with E-state index in [2.05, 4.69) is 0 Å². The summed E-state index contributed by atoms with van der Waals surface area (Å²) in [5.41, 5.74) is 0.993. The van der Waals surface area contributed by atoms with E-state index in [-0.39, 0.29) is 5.60 Å². The molecule has 0 spiro atoms. The van der Waals surface area contributed by atoms with Crippen molar-refractivity contribution in [2.75, 3.05) is 0 Å². The minimum atomic E-state index is -0.269. The summed E-state index contributed by atoms with van der Waals surface area (Å²) in [6.07, 6.45) is 7.08. The second-order valence-corrected chi connectivity index (χ2v) is 3.36. The molecule has 0 aliphatic carbocycles. The van der Waals surface area contributed by atoms with E-state index in [1.807, 2.05) is 26.0 Å². The van der Waals surface area contributed by atoms with Gasteiger partial charge in [0.05, 0.1) is 12.3 Å². The van der Waals surface area contributed by atoms with Gasteiger partial charge in [0.25, 0.3) is 0 Å². The highest BCUT2D eigenvalue weighted by molar-refractivity contribution is 5.13. The van der Waals surface area contributed by atoms with Crippen LogP contribution in [0.25, 0.3) is 0 Å². The van der Waals surface area contributed by atoms with Crippen molar-refractivity contribution in [1.29, 1.82) is 5.26 Å². The fraction of sp³-hybridized carbons (Fsp3) is 0.500. The largest absolute Gasteiger partial charge is 0.491 e. The number of hydrogen-bond donors (Lipinski definition) is 0. The third kappa shape index (κ3) is 2.13. The highest BCUT2D eigenvalue weighted by Crippen LogP contribution is 2.27. The molecule has 1 aliphatic rings. The predicted molar refractivity (Wildman–Crippen MR) is 47.2 cm³/mol. The Morgan fingerprint density at radius 1 is 1.75 bits per heavy atom. The minimum Gasteiger partial charge on any atom is -0.491 e. The first-order valence-corrected chi connectivity index (χ1v) is 4.07. The number of ether oxygens (including phenoxy) is 1. The first kappa shape index (κ1) is 8.86. The summed E-state index contributed by atoms with van der Waals surface area (Å²) in [5, 5.41) is 8.36. The van der Waals surface area contributed by atoms with Gasteiger partial charge in [-0.1, -0.05) is 0 Å². The van der Waals surface area contributed by atoms with Gasteiger partial charge in [-0.15, -0.1) is 0 Å². The molecule has 1 rings (SSSR count). The summed E-state index contributed by atoms with van der Waals surface area (Å²) in [5.74, 6) is 0. The number of nitriles is 1. The van der Waals surface area contributed by atoms with Gasteiger partial charge in [-0.25, -0.2) is 0 Å². The van der Waals surface area contributed by atoms with Crippen molar-refractivity contribution in [2.24, 2.45) is 0 Å². The van der Waals surface area contributed by atoms with Crippen molar-refractivity contribution >= 4 is 0 Å². The molecule has 0 saturated heterocycles. The maximum atomic E-state index is 8.36. The molecule has 0 radical (unpaired) electrons. The average Bonchev–Trinajstić information content (AvgIpc) is 2.08. The van der Waals surface area contributed by atoms with Crippen molar-refractivity contribution in [3.63, 3.8) is 0 Å². The van der Waals surface area contributed by atoms with Gasteiger partial charge < -0.3 is 4.74 Å². The zero-order valence-corrected chi connectivity index (χ0v) is 7.50. The number of allylic oxidation sites excluding steroid dienone is 2. The minimum absolute atomic E-state index is 0.269. The smallest absolute Gasteiger partial charge is 0.125 e. The second-order valence-electron chi connectivity index (χ2n) is 3.36. The van der Waals surface area contributed by atoms with Gasteiger partial charge in [0.2, 0.25) is 0 Å². The van der Waals surface area contributed by atoms with Gasteiger partial charge >= 0.3 is 0 Å². The lowest BCUT2D eigenvalue weighted by Gasteiger charge is -2.29. The Bertz CT molecular complexity index is 260. The molecule has 1 aliphatic heterocycles. The topological polar surface area (TPSA) is 33.0 Å². The third-order valence-corrected chi connectivity index (χ3v) is 2.06.